The van der Waals surface area contributed by atoms with E-state index in [2.05, 4.69) is 14.9 Å². The molecule has 1 fully saturated rings. The van der Waals surface area contributed by atoms with Gasteiger partial charge in [0.15, 0.2) is 16.8 Å². The molecule has 0 aliphatic carbocycles. The van der Waals surface area contributed by atoms with E-state index >= 15 is 0 Å². The second-order valence-corrected chi connectivity index (χ2v) is 4.15. The van der Waals surface area contributed by atoms with E-state index < -0.39 is 0 Å². The summed E-state index contributed by atoms with van der Waals surface area (Å²) in [5, 5.41) is 7.55. The molecule has 0 saturated carbocycles. The third kappa shape index (κ3) is 1.91. The molecular weight excluding hydrogens is 222 g/mol. The molecule has 2 aromatic rings. The number of hydrogen-bond acceptors (Lipinski definition) is 6. The average Bonchev–Trinajstić information content (AvgIpc) is 2.99. The van der Waals surface area contributed by atoms with Gasteiger partial charge in [0, 0.05) is 12.5 Å². The van der Waals surface area contributed by atoms with Crippen molar-refractivity contribution in [1.82, 2.24) is 10.3 Å². The second-order valence-electron chi connectivity index (χ2n) is 4.15. The van der Waals surface area contributed by atoms with Gasteiger partial charge >= 0.3 is 0 Å². The molecule has 0 radical (unpaired) electrons. The summed E-state index contributed by atoms with van der Waals surface area (Å²) in [5.41, 5.74) is 7.41. The molecule has 1 aromatic heterocycles. The fourth-order valence-electron chi connectivity index (χ4n) is 1.90. The lowest BCUT2D eigenvalue weighted by Gasteiger charge is -2.10. The Morgan fingerprint density at radius 3 is 3.06 bits per heavy atom. The van der Waals surface area contributed by atoms with Crippen LogP contribution in [0, 0.1) is 5.92 Å². The van der Waals surface area contributed by atoms with Crippen LogP contribution in [0.1, 0.15) is 6.42 Å². The highest BCUT2D eigenvalue weighted by atomic mass is 16.6. The van der Waals surface area contributed by atoms with E-state index in [1.807, 2.05) is 0 Å². The van der Waals surface area contributed by atoms with Crippen LogP contribution >= 0.6 is 0 Å². The van der Waals surface area contributed by atoms with Gasteiger partial charge in [-0.05, 0) is 28.9 Å². The van der Waals surface area contributed by atoms with Crippen LogP contribution in [-0.4, -0.2) is 30.1 Å². The molecule has 1 saturated heterocycles. The summed E-state index contributed by atoms with van der Waals surface area (Å²) in [6, 6.07) is 3.53. The van der Waals surface area contributed by atoms with Crippen LogP contribution in [0.5, 0.6) is 5.75 Å². The monoisotopic (exact) mass is 235 g/mol. The fraction of sp³-hybridized carbons (Fsp3) is 0.455. The van der Waals surface area contributed by atoms with Crippen molar-refractivity contribution in [2.45, 2.75) is 6.42 Å². The molecule has 90 valence electrons. The molecule has 6 nitrogen and oxygen atoms in total. The van der Waals surface area contributed by atoms with Gasteiger partial charge in [-0.1, -0.05) is 0 Å². The molecule has 1 atom stereocenters. The largest absolute Gasteiger partial charge is 0.491 e. The number of benzene rings is 1. The van der Waals surface area contributed by atoms with Crippen molar-refractivity contribution < 1.29 is 14.1 Å². The van der Waals surface area contributed by atoms with Crippen LogP contribution < -0.4 is 10.5 Å². The fourth-order valence-corrected chi connectivity index (χ4v) is 1.90. The molecule has 0 bridgehead atoms. The molecule has 3 rings (SSSR count). The zero-order valence-corrected chi connectivity index (χ0v) is 9.26. The molecule has 1 unspecified atom stereocenters. The number of hydrogen-bond donors (Lipinski definition) is 1. The molecule has 1 aromatic carbocycles. The zero-order chi connectivity index (χ0) is 11.7. The van der Waals surface area contributed by atoms with Gasteiger partial charge in [-0.2, -0.15) is 0 Å². The van der Waals surface area contributed by atoms with Gasteiger partial charge in [0.05, 0.1) is 18.9 Å². The Hall–Kier alpha value is -1.82. The van der Waals surface area contributed by atoms with Crippen molar-refractivity contribution in [3.63, 3.8) is 0 Å². The summed E-state index contributed by atoms with van der Waals surface area (Å²) >= 11 is 0. The van der Waals surface area contributed by atoms with E-state index in [0.29, 0.717) is 35.0 Å². The Morgan fingerprint density at radius 2 is 2.24 bits per heavy atom. The highest BCUT2D eigenvalue weighted by Crippen LogP contribution is 2.27. The quantitative estimate of drug-likeness (QED) is 0.805. The van der Waals surface area contributed by atoms with Gasteiger partial charge < -0.3 is 15.2 Å². The number of nitrogens with zero attached hydrogens (tertiary/aromatic N) is 2. The number of rotatable bonds is 3. The first-order valence-electron chi connectivity index (χ1n) is 5.56. The van der Waals surface area contributed by atoms with E-state index in [1.54, 1.807) is 12.1 Å². The van der Waals surface area contributed by atoms with Gasteiger partial charge in [-0.3, -0.25) is 0 Å². The first-order valence-corrected chi connectivity index (χ1v) is 5.56. The number of nitrogen functional groups attached to an aromatic ring is 1. The molecule has 0 amide bonds. The number of anilines is 1. The smallest absolute Gasteiger partial charge is 0.179 e. The predicted octanol–water partition coefficient (Wildman–Crippen LogP) is 1.22. The van der Waals surface area contributed by atoms with E-state index in [-0.39, 0.29) is 0 Å². The molecule has 17 heavy (non-hydrogen) atoms. The Labute approximate surface area is 97.6 Å². The first kappa shape index (κ1) is 10.3. The average molecular weight is 235 g/mol. The Kier molecular flexibility index (Phi) is 2.56. The highest BCUT2D eigenvalue weighted by molar-refractivity contribution is 5.90. The molecule has 0 spiro atoms. The summed E-state index contributed by atoms with van der Waals surface area (Å²) in [6.45, 7) is 2.19. The van der Waals surface area contributed by atoms with E-state index in [4.69, 9.17) is 15.2 Å². The van der Waals surface area contributed by atoms with Crippen LogP contribution in [0.15, 0.2) is 16.8 Å². The van der Waals surface area contributed by atoms with E-state index in [1.165, 1.54) is 0 Å². The molecule has 1 aliphatic rings. The maximum Gasteiger partial charge on any atom is 0.179 e. The van der Waals surface area contributed by atoms with Crippen LogP contribution in [0.4, 0.5) is 5.69 Å². The maximum atomic E-state index is 5.75. The Morgan fingerprint density at radius 1 is 1.35 bits per heavy atom. The normalized spacial score (nSPS) is 19.9. The van der Waals surface area contributed by atoms with Crippen molar-refractivity contribution in [2.24, 2.45) is 5.92 Å². The number of aromatic nitrogens is 2. The lowest BCUT2D eigenvalue weighted by atomic mass is 10.1. The Balaban J connectivity index is 1.80. The maximum absolute atomic E-state index is 5.75. The second kappa shape index (κ2) is 4.21. The third-order valence-electron chi connectivity index (χ3n) is 2.91. The molecular formula is C11H13N3O3. The van der Waals surface area contributed by atoms with E-state index in [0.717, 1.165) is 19.6 Å². The Bertz CT molecular complexity index is 520. The molecule has 6 heteroatoms. The van der Waals surface area contributed by atoms with Crippen molar-refractivity contribution in [3.05, 3.63) is 12.1 Å². The first-order chi connectivity index (χ1) is 8.34. The topological polar surface area (TPSA) is 83.4 Å². The minimum atomic E-state index is 0.447. The van der Waals surface area contributed by atoms with Gasteiger partial charge in [-0.25, -0.2) is 4.63 Å². The van der Waals surface area contributed by atoms with Gasteiger partial charge in [0.2, 0.25) is 0 Å². The molecule has 2 heterocycles. The molecule has 2 N–H and O–H groups in total. The zero-order valence-electron chi connectivity index (χ0n) is 9.26. The number of ether oxygens (including phenoxy) is 2. The van der Waals surface area contributed by atoms with Crippen molar-refractivity contribution in [3.8, 4) is 5.75 Å². The predicted molar refractivity (Wildman–Crippen MR) is 60.6 cm³/mol. The lowest BCUT2D eigenvalue weighted by molar-refractivity contribution is 0.167. The van der Waals surface area contributed by atoms with Crippen LogP contribution in [0.25, 0.3) is 11.0 Å². The highest BCUT2D eigenvalue weighted by Gasteiger charge is 2.18. The number of nitrogens with two attached hydrogens (primary N) is 1. The summed E-state index contributed by atoms with van der Waals surface area (Å²) in [6.07, 6.45) is 1.04. The standard InChI is InChI=1S/C11H13N3O3/c12-8-1-2-9(11-10(8)13-17-14-11)16-6-7-3-4-15-5-7/h1-2,7H,3-6,12H2. The third-order valence-corrected chi connectivity index (χ3v) is 2.91. The van der Waals surface area contributed by atoms with Crippen LogP contribution in [-0.2, 0) is 4.74 Å². The van der Waals surface area contributed by atoms with Crippen LogP contribution in [0.3, 0.4) is 0 Å². The van der Waals surface area contributed by atoms with Gasteiger partial charge in [0.25, 0.3) is 0 Å². The van der Waals surface area contributed by atoms with Crippen LogP contribution in [0.2, 0.25) is 0 Å². The van der Waals surface area contributed by atoms with Crippen molar-refractivity contribution >= 4 is 16.7 Å². The van der Waals surface area contributed by atoms with Gasteiger partial charge in [0.1, 0.15) is 0 Å². The van der Waals surface area contributed by atoms with Gasteiger partial charge in [-0.15, -0.1) is 0 Å². The number of fused-ring (bicyclic) bond motifs is 1. The summed E-state index contributed by atoms with van der Waals surface area (Å²) in [5.74, 6) is 1.10. The summed E-state index contributed by atoms with van der Waals surface area (Å²) < 4.78 is 15.7. The SMILES string of the molecule is Nc1ccc(OCC2CCOC2)c2nonc12. The minimum Gasteiger partial charge on any atom is -0.491 e. The lowest BCUT2D eigenvalue weighted by Crippen LogP contribution is -2.11. The van der Waals surface area contributed by atoms with Crippen molar-refractivity contribution in [1.29, 1.82) is 0 Å². The molecule has 1 aliphatic heterocycles. The van der Waals surface area contributed by atoms with E-state index in [9.17, 15) is 0 Å². The van der Waals surface area contributed by atoms with Crippen molar-refractivity contribution in [2.75, 3.05) is 25.6 Å². The summed E-state index contributed by atoms with van der Waals surface area (Å²) in [7, 11) is 0. The summed E-state index contributed by atoms with van der Waals surface area (Å²) in [4.78, 5) is 0. The minimum absolute atomic E-state index is 0.447.